The highest BCUT2D eigenvalue weighted by Crippen LogP contribution is 2.34. The molecule has 3 aromatic heterocycles. The quantitative estimate of drug-likeness (QED) is 0.674. The number of aromatic nitrogens is 5. The average Bonchev–Trinajstić information content (AvgIpc) is 3.39. The van der Waals surface area contributed by atoms with Crippen molar-refractivity contribution in [1.29, 1.82) is 0 Å². The Labute approximate surface area is 179 Å². The molecule has 1 aliphatic heterocycles. The molecule has 9 heteroatoms. The first-order valence-electron chi connectivity index (χ1n) is 10.9. The number of hydrogen-bond donors (Lipinski definition) is 1. The number of carbonyl (C=O) groups excluding carboxylic acids is 1. The predicted molar refractivity (Wildman–Crippen MR) is 117 cm³/mol. The third-order valence-electron chi connectivity index (χ3n) is 6.31. The standard InChI is InChI=1S/C21H27N7OS/c1-2-3-14-4-5-16-17(12-14)30-21(23-16)24-20(29)15-8-10-27(11-9-15)19-7-6-18-25-22-13-28(18)26-19/h6-7,13-15H,2-5,8-12H2,1H3,(H,23,24,29). The van der Waals surface area contributed by atoms with Crippen LogP contribution in [-0.4, -0.2) is 43.8 Å². The van der Waals surface area contributed by atoms with E-state index in [0.717, 1.165) is 61.3 Å². The van der Waals surface area contributed by atoms with Crippen LogP contribution in [0.5, 0.6) is 0 Å². The molecule has 1 fully saturated rings. The van der Waals surface area contributed by atoms with Crippen LogP contribution in [0.25, 0.3) is 5.65 Å². The summed E-state index contributed by atoms with van der Waals surface area (Å²) in [6.07, 6.45) is 9.17. The number of hydrogen-bond acceptors (Lipinski definition) is 7. The van der Waals surface area contributed by atoms with Crippen molar-refractivity contribution in [3.63, 3.8) is 0 Å². The van der Waals surface area contributed by atoms with E-state index in [-0.39, 0.29) is 11.8 Å². The molecule has 1 amide bonds. The summed E-state index contributed by atoms with van der Waals surface area (Å²) in [5, 5.41) is 16.3. The zero-order valence-electron chi connectivity index (χ0n) is 17.3. The number of fused-ring (bicyclic) bond motifs is 2. The third kappa shape index (κ3) is 3.90. The van der Waals surface area contributed by atoms with Crippen molar-refractivity contribution in [2.45, 2.75) is 51.9 Å². The van der Waals surface area contributed by atoms with Gasteiger partial charge in [0.15, 0.2) is 10.8 Å². The zero-order chi connectivity index (χ0) is 20.5. The van der Waals surface area contributed by atoms with Crippen molar-refractivity contribution in [1.82, 2.24) is 24.8 Å². The van der Waals surface area contributed by atoms with E-state index in [0.29, 0.717) is 0 Å². The molecule has 1 atom stereocenters. The normalized spacial score (nSPS) is 19.8. The van der Waals surface area contributed by atoms with Gasteiger partial charge in [0, 0.05) is 23.9 Å². The number of carbonyl (C=O) groups is 1. The van der Waals surface area contributed by atoms with E-state index in [9.17, 15) is 4.79 Å². The van der Waals surface area contributed by atoms with Crippen molar-refractivity contribution < 1.29 is 4.79 Å². The van der Waals surface area contributed by atoms with Gasteiger partial charge in [-0.1, -0.05) is 19.8 Å². The molecular formula is C21H27N7OS. The Morgan fingerprint density at radius 3 is 2.97 bits per heavy atom. The molecule has 0 aromatic carbocycles. The number of rotatable bonds is 5. The fourth-order valence-corrected chi connectivity index (χ4v) is 5.74. The van der Waals surface area contributed by atoms with Gasteiger partial charge in [0.2, 0.25) is 5.91 Å². The zero-order valence-corrected chi connectivity index (χ0v) is 18.1. The van der Waals surface area contributed by atoms with Crippen LogP contribution >= 0.6 is 11.3 Å². The Morgan fingerprint density at radius 2 is 2.13 bits per heavy atom. The Morgan fingerprint density at radius 1 is 1.27 bits per heavy atom. The molecule has 30 heavy (non-hydrogen) atoms. The Balaban J connectivity index is 1.17. The second kappa shape index (κ2) is 8.29. The van der Waals surface area contributed by atoms with Gasteiger partial charge in [0.25, 0.3) is 0 Å². The van der Waals surface area contributed by atoms with Crippen LogP contribution in [0.15, 0.2) is 18.5 Å². The van der Waals surface area contributed by atoms with Gasteiger partial charge in [-0.2, -0.15) is 4.52 Å². The van der Waals surface area contributed by atoms with Gasteiger partial charge in [-0.15, -0.1) is 26.6 Å². The monoisotopic (exact) mass is 425 g/mol. The van der Waals surface area contributed by atoms with Crippen molar-refractivity contribution in [2.75, 3.05) is 23.3 Å². The largest absolute Gasteiger partial charge is 0.355 e. The maximum absolute atomic E-state index is 12.8. The summed E-state index contributed by atoms with van der Waals surface area (Å²) < 4.78 is 1.68. The minimum absolute atomic E-state index is 0.0219. The molecule has 8 nitrogen and oxygen atoms in total. The Kier molecular flexibility index (Phi) is 5.37. The summed E-state index contributed by atoms with van der Waals surface area (Å²) >= 11 is 1.68. The number of amides is 1. The van der Waals surface area contributed by atoms with Crippen LogP contribution in [0.3, 0.4) is 0 Å². The molecule has 3 aromatic rings. The number of aryl methyl sites for hydroxylation is 1. The SMILES string of the molecule is CCCC1CCc2nc(NC(=O)C3CCN(c4ccc5nncn5n4)CC3)sc2C1. The molecule has 158 valence electrons. The lowest BCUT2D eigenvalue weighted by Crippen LogP contribution is -2.38. The smallest absolute Gasteiger partial charge is 0.229 e. The van der Waals surface area contributed by atoms with E-state index in [1.807, 2.05) is 12.1 Å². The molecule has 2 aliphatic rings. The van der Waals surface area contributed by atoms with Gasteiger partial charge in [0.05, 0.1) is 5.69 Å². The number of thiazole rings is 1. The number of nitrogens with one attached hydrogen (secondary N) is 1. The highest BCUT2D eigenvalue weighted by Gasteiger charge is 2.28. The Hall–Kier alpha value is -2.55. The minimum atomic E-state index is 0.0219. The molecule has 4 heterocycles. The fraction of sp³-hybridized carbons (Fsp3) is 0.571. The molecule has 1 saturated heterocycles. The second-order valence-corrected chi connectivity index (χ2v) is 9.45. The van der Waals surface area contributed by atoms with Gasteiger partial charge in [-0.3, -0.25) is 4.79 Å². The fourth-order valence-electron chi connectivity index (χ4n) is 4.62. The lowest BCUT2D eigenvalue weighted by molar-refractivity contribution is -0.120. The van der Waals surface area contributed by atoms with Crippen LogP contribution in [0.4, 0.5) is 10.9 Å². The minimum Gasteiger partial charge on any atom is -0.355 e. The number of anilines is 2. The summed E-state index contributed by atoms with van der Waals surface area (Å²) in [4.78, 5) is 21.1. The molecule has 1 unspecified atom stereocenters. The highest BCUT2D eigenvalue weighted by atomic mass is 32.1. The molecule has 5 rings (SSSR count). The number of nitrogens with zero attached hydrogens (tertiary/aromatic N) is 6. The lowest BCUT2D eigenvalue weighted by Gasteiger charge is -2.31. The van der Waals surface area contributed by atoms with Gasteiger partial charge in [-0.05, 0) is 50.2 Å². The first-order valence-corrected chi connectivity index (χ1v) is 11.7. The van der Waals surface area contributed by atoms with E-state index in [1.54, 1.807) is 22.2 Å². The first kappa shape index (κ1) is 19.4. The summed E-state index contributed by atoms with van der Waals surface area (Å²) in [6, 6.07) is 3.89. The maximum Gasteiger partial charge on any atom is 0.229 e. The van der Waals surface area contributed by atoms with Crippen molar-refractivity contribution in [2.24, 2.45) is 11.8 Å². The van der Waals surface area contributed by atoms with Gasteiger partial charge >= 0.3 is 0 Å². The lowest BCUT2D eigenvalue weighted by atomic mass is 9.88. The summed E-state index contributed by atoms with van der Waals surface area (Å²) in [5.41, 5.74) is 1.94. The van der Waals surface area contributed by atoms with Gasteiger partial charge in [-0.25, -0.2) is 4.98 Å². The van der Waals surface area contributed by atoms with E-state index < -0.39 is 0 Å². The first-order chi connectivity index (χ1) is 14.7. The molecule has 0 bridgehead atoms. The van der Waals surface area contributed by atoms with Gasteiger partial charge in [0.1, 0.15) is 12.1 Å². The Bertz CT molecular complexity index is 1040. The summed E-state index contributed by atoms with van der Waals surface area (Å²) in [7, 11) is 0. The average molecular weight is 426 g/mol. The second-order valence-electron chi connectivity index (χ2n) is 8.36. The van der Waals surface area contributed by atoms with Crippen LogP contribution in [-0.2, 0) is 17.6 Å². The van der Waals surface area contributed by atoms with E-state index in [4.69, 9.17) is 4.98 Å². The molecule has 0 radical (unpaired) electrons. The topological polar surface area (TPSA) is 88.3 Å². The van der Waals surface area contributed by atoms with Crippen LogP contribution in [0.1, 0.15) is 49.6 Å². The molecule has 0 saturated carbocycles. The molecular weight excluding hydrogens is 398 g/mol. The van der Waals surface area contributed by atoms with Crippen LogP contribution in [0.2, 0.25) is 0 Å². The predicted octanol–water partition coefficient (Wildman–Crippen LogP) is 3.34. The van der Waals surface area contributed by atoms with Crippen molar-refractivity contribution in [3.05, 3.63) is 29.0 Å². The van der Waals surface area contributed by atoms with E-state index in [2.05, 4.69) is 32.4 Å². The van der Waals surface area contributed by atoms with Crippen LogP contribution in [0, 0.1) is 11.8 Å². The van der Waals surface area contributed by atoms with Gasteiger partial charge < -0.3 is 10.2 Å². The summed E-state index contributed by atoms with van der Waals surface area (Å²) in [6.45, 7) is 3.88. The van der Waals surface area contributed by atoms with E-state index in [1.165, 1.54) is 29.8 Å². The number of piperidine rings is 1. The molecule has 0 spiro atoms. The van der Waals surface area contributed by atoms with Crippen molar-refractivity contribution in [3.8, 4) is 0 Å². The van der Waals surface area contributed by atoms with Crippen molar-refractivity contribution >= 4 is 33.8 Å². The molecule has 1 aliphatic carbocycles. The maximum atomic E-state index is 12.8. The highest BCUT2D eigenvalue weighted by molar-refractivity contribution is 7.15. The van der Waals surface area contributed by atoms with Crippen LogP contribution < -0.4 is 10.2 Å². The van der Waals surface area contributed by atoms with E-state index >= 15 is 0 Å². The molecule has 1 N–H and O–H groups in total. The summed E-state index contributed by atoms with van der Waals surface area (Å²) in [5.74, 6) is 1.80. The third-order valence-corrected chi connectivity index (χ3v) is 7.34.